The molecule has 4 heteroatoms. The molecule has 2 aromatic heterocycles. The van der Waals surface area contributed by atoms with Gasteiger partial charge in [-0.25, -0.2) is 4.98 Å². The van der Waals surface area contributed by atoms with E-state index in [1.807, 2.05) is 48.5 Å². The van der Waals surface area contributed by atoms with Gasteiger partial charge in [0.2, 0.25) is 0 Å². The van der Waals surface area contributed by atoms with Crippen molar-refractivity contribution in [2.45, 2.75) is 13.8 Å². The smallest absolute Gasteiger partial charge is 0.149 e. The minimum Gasteiger partial charge on any atom is -0.337 e. The van der Waals surface area contributed by atoms with E-state index in [9.17, 15) is 5.26 Å². The van der Waals surface area contributed by atoms with Gasteiger partial charge < -0.3 is 9.55 Å². The van der Waals surface area contributed by atoms with Crippen LogP contribution in [0.25, 0.3) is 28.4 Å². The average molecular weight is 338 g/mol. The first kappa shape index (κ1) is 15.9. The molecule has 2 aromatic carbocycles. The number of rotatable bonds is 3. The molecule has 126 valence electrons. The van der Waals surface area contributed by atoms with Gasteiger partial charge in [-0.15, -0.1) is 0 Å². The van der Waals surface area contributed by atoms with Crippen molar-refractivity contribution in [1.29, 1.82) is 5.26 Å². The minimum absolute atomic E-state index is 0.523. The maximum Gasteiger partial charge on any atom is 0.149 e. The maximum atomic E-state index is 9.66. The molecule has 0 aliphatic heterocycles. The van der Waals surface area contributed by atoms with Crippen molar-refractivity contribution in [1.82, 2.24) is 14.5 Å². The fourth-order valence-electron chi connectivity index (χ4n) is 3.30. The summed E-state index contributed by atoms with van der Waals surface area (Å²) in [4.78, 5) is 7.77. The van der Waals surface area contributed by atoms with Crippen LogP contribution in [-0.2, 0) is 0 Å². The lowest BCUT2D eigenvalue weighted by molar-refractivity contribution is 0.964. The lowest BCUT2D eigenvalue weighted by Gasteiger charge is -2.09. The molecule has 4 nitrogen and oxygen atoms in total. The summed E-state index contributed by atoms with van der Waals surface area (Å²) < 4.78 is 2.19. The summed E-state index contributed by atoms with van der Waals surface area (Å²) in [5, 5.41) is 9.66. The molecule has 0 amide bonds. The molecule has 0 radical (unpaired) electrons. The quantitative estimate of drug-likeness (QED) is 0.532. The number of imidazole rings is 1. The number of H-pyrrole nitrogens is 1. The van der Waals surface area contributed by atoms with E-state index in [2.05, 4.69) is 52.7 Å². The first-order chi connectivity index (χ1) is 12.7. The van der Waals surface area contributed by atoms with Gasteiger partial charge in [0.05, 0.1) is 16.6 Å². The van der Waals surface area contributed by atoms with Gasteiger partial charge in [0.1, 0.15) is 11.9 Å². The van der Waals surface area contributed by atoms with Crippen molar-refractivity contribution < 1.29 is 0 Å². The van der Waals surface area contributed by atoms with Crippen molar-refractivity contribution in [3.8, 4) is 11.8 Å². The minimum atomic E-state index is 0.523. The third-order valence-corrected chi connectivity index (χ3v) is 4.55. The Kier molecular flexibility index (Phi) is 3.91. The summed E-state index contributed by atoms with van der Waals surface area (Å²) in [6.07, 6.45) is 1.90. The molecule has 0 spiro atoms. The van der Waals surface area contributed by atoms with Crippen LogP contribution < -0.4 is 0 Å². The SMILES string of the molecule is Cc1cc(/C=C(/C#N)c2nc3ccccc3[nH]2)c(C)n1-c1ccccc1. The summed E-state index contributed by atoms with van der Waals surface area (Å²) in [6.45, 7) is 4.14. The number of hydrogen-bond acceptors (Lipinski definition) is 2. The molecule has 4 aromatic rings. The number of hydrogen-bond donors (Lipinski definition) is 1. The number of aromatic amines is 1. The zero-order valence-corrected chi connectivity index (χ0v) is 14.7. The summed E-state index contributed by atoms with van der Waals surface area (Å²) in [5.41, 5.74) is 6.67. The van der Waals surface area contributed by atoms with Crippen LogP contribution >= 0.6 is 0 Å². The Labute approximate surface area is 152 Å². The highest BCUT2D eigenvalue weighted by atomic mass is 15.0. The Morgan fingerprint density at radius 1 is 1.08 bits per heavy atom. The molecule has 0 saturated heterocycles. The molecular weight excluding hydrogens is 320 g/mol. The molecule has 4 rings (SSSR count). The fourth-order valence-corrected chi connectivity index (χ4v) is 3.30. The number of nitrogens with zero attached hydrogens (tertiary/aromatic N) is 3. The molecule has 1 N–H and O–H groups in total. The number of allylic oxidation sites excluding steroid dienone is 1. The summed E-state index contributed by atoms with van der Waals surface area (Å²) in [6, 6.07) is 22.4. The second-order valence-electron chi connectivity index (χ2n) is 6.27. The van der Waals surface area contributed by atoms with Crippen LogP contribution in [-0.4, -0.2) is 14.5 Å². The first-order valence-electron chi connectivity index (χ1n) is 8.48. The number of para-hydroxylation sites is 3. The maximum absolute atomic E-state index is 9.66. The van der Waals surface area contributed by atoms with E-state index in [4.69, 9.17) is 0 Å². The average Bonchev–Trinajstić information content (AvgIpc) is 3.21. The van der Waals surface area contributed by atoms with Crippen LogP contribution in [0.5, 0.6) is 0 Å². The molecule has 26 heavy (non-hydrogen) atoms. The van der Waals surface area contributed by atoms with E-state index in [-0.39, 0.29) is 0 Å². The number of aryl methyl sites for hydroxylation is 1. The molecule has 0 unspecified atom stereocenters. The Hall–Kier alpha value is -3.58. The van der Waals surface area contributed by atoms with E-state index < -0.39 is 0 Å². The van der Waals surface area contributed by atoms with Crippen LogP contribution in [0.1, 0.15) is 22.8 Å². The predicted octanol–water partition coefficient (Wildman–Crippen LogP) is 5.03. The van der Waals surface area contributed by atoms with E-state index in [1.54, 1.807) is 0 Å². The van der Waals surface area contributed by atoms with Gasteiger partial charge in [0, 0.05) is 17.1 Å². The largest absolute Gasteiger partial charge is 0.337 e. The van der Waals surface area contributed by atoms with Gasteiger partial charge in [-0.3, -0.25) is 0 Å². The molecule has 0 saturated carbocycles. The zero-order valence-electron chi connectivity index (χ0n) is 14.7. The highest BCUT2D eigenvalue weighted by Crippen LogP contribution is 2.25. The van der Waals surface area contributed by atoms with Crippen molar-refractivity contribution in [3.63, 3.8) is 0 Å². The zero-order chi connectivity index (χ0) is 18.1. The molecular formula is C22H18N4. The van der Waals surface area contributed by atoms with E-state index >= 15 is 0 Å². The lowest BCUT2D eigenvalue weighted by atomic mass is 10.1. The van der Waals surface area contributed by atoms with Gasteiger partial charge in [0.25, 0.3) is 0 Å². The second-order valence-corrected chi connectivity index (χ2v) is 6.27. The molecule has 0 aliphatic carbocycles. The topological polar surface area (TPSA) is 57.4 Å². The summed E-state index contributed by atoms with van der Waals surface area (Å²) >= 11 is 0. The third-order valence-electron chi connectivity index (χ3n) is 4.55. The number of nitrogens with one attached hydrogen (secondary N) is 1. The normalized spacial score (nSPS) is 11.7. The van der Waals surface area contributed by atoms with Crippen molar-refractivity contribution in [2.75, 3.05) is 0 Å². The Morgan fingerprint density at radius 3 is 2.54 bits per heavy atom. The molecule has 2 heterocycles. The van der Waals surface area contributed by atoms with E-state index in [0.29, 0.717) is 11.4 Å². The molecule has 0 fully saturated rings. The van der Waals surface area contributed by atoms with Crippen LogP contribution in [0.2, 0.25) is 0 Å². The Balaban J connectivity index is 1.81. The Bertz CT molecular complexity index is 1120. The van der Waals surface area contributed by atoms with Crippen LogP contribution in [0.4, 0.5) is 0 Å². The standard InChI is InChI=1S/C22H18N4/c1-15-12-17(16(2)26(15)19-8-4-3-5-9-19)13-18(14-23)22-24-20-10-6-7-11-21(20)25-22/h3-13H,1-2H3,(H,24,25)/b18-13-. The van der Waals surface area contributed by atoms with Crippen LogP contribution in [0.15, 0.2) is 60.7 Å². The monoisotopic (exact) mass is 338 g/mol. The Morgan fingerprint density at radius 2 is 1.81 bits per heavy atom. The van der Waals surface area contributed by atoms with E-state index in [1.165, 1.54) is 0 Å². The van der Waals surface area contributed by atoms with E-state index in [0.717, 1.165) is 33.7 Å². The number of fused-ring (bicyclic) bond motifs is 1. The van der Waals surface area contributed by atoms with Gasteiger partial charge in [-0.05, 0) is 55.8 Å². The number of aromatic nitrogens is 3. The highest BCUT2D eigenvalue weighted by Gasteiger charge is 2.12. The van der Waals surface area contributed by atoms with Crippen molar-refractivity contribution in [2.24, 2.45) is 0 Å². The molecule has 0 atom stereocenters. The first-order valence-corrected chi connectivity index (χ1v) is 8.48. The van der Waals surface area contributed by atoms with Gasteiger partial charge >= 0.3 is 0 Å². The summed E-state index contributed by atoms with van der Waals surface area (Å²) in [5.74, 6) is 0.596. The van der Waals surface area contributed by atoms with Crippen LogP contribution in [0.3, 0.4) is 0 Å². The predicted molar refractivity (Wildman–Crippen MR) is 105 cm³/mol. The molecule has 0 bridgehead atoms. The lowest BCUT2D eigenvalue weighted by Crippen LogP contribution is -1.98. The fraction of sp³-hybridized carbons (Fsp3) is 0.0909. The summed E-state index contributed by atoms with van der Waals surface area (Å²) in [7, 11) is 0. The number of benzene rings is 2. The highest BCUT2D eigenvalue weighted by molar-refractivity contribution is 5.90. The van der Waals surface area contributed by atoms with Gasteiger partial charge in [-0.2, -0.15) is 5.26 Å². The van der Waals surface area contributed by atoms with Crippen molar-refractivity contribution >= 4 is 22.7 Å². The van der Waals surface area contributed by atoms with Crippen LogP contribution in [0, 0.1) is 25.2 Å². The second kappa shape index (κ2) is 6.38. The van der Waals surface area contributed by atoms with Gasteiger partial charge in [-0.1, -0.05) is 30.3 Å². The molecule has 0 aliphatic rings. The van der Waals surface area contributed by atoms with Gasteiger partial charge in [0.15, 0.2) is 0 Å². The number of nitriles is 1. The van der Waals surface area contributed by atoms with Crippen molar-refractivity contribution in [3.05, 3.63) is 83.4 Å². The third kappa shape index (κ3) is 2.70.